The van der Waals surface area contributed by atoms with E-state index in [1.807, 2.05) is 0 Å². The standard InChI is InChI=1S/C15H23N3O4/c1-15(2,3)22-14(19)18(4)12(13(16)17-20)10-7-6-8-11(9-10)21-5/h6-9,12,20H,1-5H3,(H2,16,17). The summed E-state index contributed by atoms with van der Waals surface area (Å²) in [6, 6.07) is 6.22. The van der Waals surface area contributed by atoms with E-state index in [-0.39, 0.29) is 5.84 Å². The van der Waals surface area contributed by atoms with E-state index in [0.717, 1.165) is 0 Å². The lowest BCUT2D eigenvalue weighted by Crippen LogP contribution is -2.42. The number of nitrogens with zero attached hydrogens (tertiary/aromatic N) is 2. The number of benzene rings is 1. The summed E-state index contributed by atoms with van der Waals surface area (Å²) in [5, 5.41) is 12.0. The predicted molar refractivity (Wildman–Crippen MR) is 83.1 cm³/mol. The molecule has 7 nitrogen and oxygen atoms in total. The summed E-state index contributed by atoms with van der Waals surface area (Å²) in [4.78, 5) is 13.5. The van der Waals surface area contributed by atoms with Gasteiger partial charge in [-0.15, -0.1) is 0 Å². The average Bonchev–Trinajstić information content (AvgIpc) is 2.45. The molecule has 0 aromatic heterocycles. The Labute approximate surface area is 130 Å². The Hall–Kier alpha value is -2.44. The summed E-state index contributed by atoms with van der Waals surface area (Å²) in [7, 11) is 3.06. The van der Waals surface area contributed by atoms with Gasteiger partial charge in [-0.1, -0.05) is 17.3 Å². The number of oxime groups is 1. The molecule has 1 aromatic rings. The van der Waals surface area contributed by atoms with Crippen LogP contribution in [0.2, 0.25) is 0 Å². The van der Waals surface area contributed by atoms with Gasteiger partial charge in [-0.2, -0.15) is 0 Å². The van der Waals surface area contributed by atoms with Crippen LogP contribution < -0.4 is 10.5 Å². The second-order valence-electron chi connectivity index (χ2n) is 5.80. The van der Waals surface area contributed by atoms with E-state index in [4.69, 9.17) is 20.4 Å². The fourth-order valence-corrected chi connectivity index (χ4v) is 1.90. The first-order valence-electron chi connectivity index (χ1n) is 6.76. The summed E-state index contributed by atoms with van der Waals surface area (Å²) < 4.78 is 10.5. The number of carbonyl (C=O) groups is 1. The van der Waals surface area contributed by atoms with E-state index < -0.39 is 17.7 Å². The minimum absolute atomic E-state index is 0.124. The summed E-state index contributed by atoms with van der Waals surface area (Å²) in [5.74, 6) is 0.479. The Morgan fingerprint density at radius 2 is 2.05 bits per heavy atom. The van der Waals surface area contributed by atoms with Crippen LogP contribution in [0.15, 0.2) is 29.4 Å². The summed E-state index contributed by atoms with van der Waals surface area (Å²) >= 11 is 0. The highest BCUT2D eigenvalue weighted by molar-refractivity contribution is 5.89. The van der Waals surface area contributed by atoms with E-state index in [9.17, 15) is 4.79 Å². The highest BCUT2D eigenvalue weighted by Crippen LogP contribution is 2.25. The van der Waals surface area contributed by atoms with Crippen LogP contribution in [0.3, 0.4) is 0 Å². The number of rotatable bonds is 4. The van der Waals surface area contributed by atoms with Crippen LogP contribution in [-0.4, -0.2) is 41.8 Å². The molecule has 122 valence electrons. The van der Waals surface area contributed by atoms with Gasteiger partial charge in [0, 0.05) is 7.05 Å². The molecule has 7 heteroatoms. The summed E-state index contributed by atoms with van der Waals surface area (Å²) in [5.41, 5.74) is 5.75. The Morgan fingerprint density at radius 1 is 1.41 bits per heavy atom. The molecule has 0 aliphatic rings. The number of carbonyl (C=O) groups excluding carboxylic acids is 1. The zero-order valence-electron chi connectivity index (χ0n) is 13.5. The SMILES string of the molecule is COc1cccc(C(/C(N)=N/O)N(C)C(=O)OC(C)(C)C)c1. The van der Waals surface area contributed by atoms with Crippen molar-refractivity contribution in [1.29, 1.82) is 0 Å². The quantitative estimate of drug-likeness (QED) is 0.385. The van der Waals surface area contributed by atoms with Crippen molar-refractivity contribution in [2.45, 2.75) is 32.4 Å². The molecule has 1 unspecified atom stereocenters. The molecule has 1 rings (SSSR count). The topological polar surface area (TPSA) is 97.4 Å². The fourth-order valence-electron chi connectivity index (χ4n) is 1.90. The molecule has 0 saturated heterocycles. The monoisotopic (exact) mass is 309 g/mol. The molecule has 3 N–H and O–H groups in total. The number of hydrogen-bond donors (Lipinski definition) is 2. The van der Waals surface area contributed by atoms with Crippen LogP contribution in [0.4, 0.5) is 4.79 Å². The third-order valence-electron chi connectivity index (χ3n) is 2.87. The van der Waals surface area contributed by atoms with Gasteiger partial charge in [-0.05, 0) is 38.5 Å². The number of amidine groups is 1. The maximum atomic E-state index is 12.2. The zero-order chi connectivity index (χ0) is 16.9. The van der Waals surface area contributed by atoms with Crippen LogP contribution in [0.5, 0.6) is 5.75 Å². The first-order valence-corrected chi connectivity index (χ1v) is 6.76. The summed E-state index contributed by atoms with van der Waals surface area (Å²) in [6.45, 7) is 5.30. The molecule has 0 heterocycles. The van der Waals surface area contributed by atoms with E-state index in [2.05, 4.69) is 5.16 Å². The highest BCUT2D eigenvalue weighted by atomic mass is 16.6. The molecule has 0 aliphatic carbocycles. The molecule has 0 spiro atoms. The predicted octanol–water partition coefficient (Wildman–Crippen LogP) is 2.35. The molecular formula is C15H23N3O4. The second-order valence-corrected chi connectivity index (χ2v) is 5.80. The van der Waals surface area contributed by atoms with Crippen LogP contribution >= 0.6 is 0 Å². The van der Waals surface area contributed by atoms with Crippen LogP contribution in [0, 0.1) is 0 Å². The molecule has 0 radical (unpaired) electrons. The molecule has 0 saturated carbocycles. The molecule has 0 aliphatic heterocycles. The number of amides is 1. The van der Waals surface area contributed by atoms with Gasteiger partial charge in [-0.3, -0.25) is 4.90 Å². The first-order chi connectivity index (χ1) is 10.2. The van der Waals surface area contributed by atoms with Crippen molar-refractivity contribution in [3.63, 3.8) is 0 Å². The molecule has 1 atom stereocenters. The first kappa shape index (κ1) is 17.6. The minimum Gasteiger partial charge on any atom is -0.497 e. The largest absolute Gasteiger partial charge is 0.497 e. The fraction of sp³-hybridized carbons (Fsp3) is 0.467. The third-order valence-corrected chi connectivity index (χ3v) is 2.87. The molecule has 0 bridgehead atoms. The lowest BCUT2D eigenvalue weighted by molar-refractivity contribution is 0.0263. The number of likely N-dealkylation sites (N-methyl/N-ethyl adjacent to an activating group) is 1. The van der Waals surface area contributed by atoms with Gasteiger partial charge in [-0.25, -0.2) is 4.79 Å². The lowest BCUT2D eigenvalue weighted by atomic mass is 10.0. The van der Waals surface area contributed by atoms with Crippen LogP contribution in [0.1, 0.15) is 32.4 Å². The van der Waals surface area contributed by atoms with Crippen molar-refractivity contribution in [2.24, 2.45) is 10.9 Å². The number of nitrogens with two attached hydrogens (primary N) is 1. The number of hydrogen-bond acceptors (Lipinski definition) is 5. The molecular weight excluding hydrogens is 286 g/mol. The van der Waals surface area contributed by atoms with E-state index in [0.29, 0.717) is 11.3 Å². The molecule has 1 amide bonds. The van der Waals surface area contributed by atoms with Crippen molar-refractivity contribution in [3.8, 4) is 5.75 Å². The number of methoxy groups -OCH3 is 1. The van der Waals surface area contributed by atoms with Gasteiger partial charge >= 0.3 is 6.09 Å². The number of ether oxygens (including phenoxy) is 2. The van der Waals surface area contributed by atoms with Crippen molar-refractivity contribution in [2.75, 3.05) is 14.2 Å². The average molecular weight is 309 g/mol. The Bertz CT molecular complexity index is 552. The van der Waals surface area contributed by atoms with Gasteiger partial charge < -0.3 is 20.4 Å². The normalized spacial score (nSPS) is 13.4. The highest BCUT2D eigenvalue weighted by Gasteiger charge is 2.29. The van der Waals surface area contributed by atoms with Crippen LogP contribution in [-0.2, 0) is 4.74 Å². The van der Waals surface area contributed by atoms with Crippen molar-refractivity contribution in [3.05, 3.63) is 29.8 Å². The Balaban J connectivity index is 3.15. The third kappa shape index (κ3) is 4.54. The van der Waals surface area contributed by atoms with Crippen LogP contribution in [0.25, 0.3) is 0 Å². The van der Waals surface area contributed by atoms with E-state index >= 15 is 0 Å². The van der Waals surface area contributed by atoms with E-state index in [1.54, 1.807) is 45.0 Å². The smallest absolute Gasteiger partial charge is 0.410 e. The second kappa shape index (κ2) is 7.02. The molecule has 0 fully saturated rings. The molecule has 1 aromatic carbocycles. The van der Waals surface area contributed by atoms with E-state index in [1.165, 1.54) is 19.1 Å². The maximum absolute atomic E-state index is 12.2. The van der Waals surface area contributed by atoms with Crippen molar-refractivity contribution >= 4 is 11.9 Å². The summed E-state index contributed by atoms with van der Waals surface area (Å²) in [6.07, 6.45) is -0.577. The Kier molecular flexibility index (Phi) is 5.62. The lowest BCUT2D eigenvalue weighted by Gasteiger charge is -2.30. The van der Waals surface area contributed by atoms with Crippen molar-refractivity contribution < 1.29 is 19.5 Å². The van der Waals surface area contributed by atoms with Crippen molar-refractivity contribution in [1.82, 2.24) is 4.90 Å². The maximum Gasteiger partial charge on any atom is 0.410 e. The van der Waals surface area contributed by atoms with Gasteiger partial charge in [0.1, 0.15) is 17.4 Å². The zero-order valence-corrected chi connectivity index (χ0v) is 13.5. The molecule has 22 heavy (non-hydrogen) atoms. The van der Waals surface area contributed by atoms with Gasteiger partial charge in [0.25, 0.3) is 0 Å². The Morgan fingerprint density at radius 3 is 2.55 bits per heavy atom. The van der Waals surface area contributed by atoms with Gasteiger partial charge in [0.2, 0.25) is 0 Å². The van der Waals surface area contributed by atoms with Gasteiger partial charge in [0.05, 0.1) is 7.11 Å². The minimum atomic E-state index is -0.769. The van der Waals surface area contributed by atoms with Gasteiger partial charge in [0.15, 0.2) is 5.84 Å².